The van der Waals surface area contributed by atoms with Crippen molar-refractivity contribution < 1.29 is 4.92 Å². The van der Waals surface area contributed by atoms with Crippen molar-refractivity contribution in [3.63, 3.8) is 0 Å². The van der Waals surface area contributed by atoms with E-state index in [-0.39, 0.29) is 11.7 Å². The number of nitro groups is 1. The molecule has 0 aliphatic heterocycles. The number of non-ortho nitro benzene ring substituents is 1. The lowest BCUT2D eigenvalue weighted by atomic mass is 10.00. The average Bonchev–Trinajstić information content (AvgIpc) is 2.95. The lowest BCUT2D eigenvalue weighted by Gasteiger charge is -2.15. The van der Waals surface area contributed by atoms with Crippen LogP contribution in [0, 0.1) is 16.0 Å². The second kappa shape index (κ2) is 5.83. The van der Waals surface area contributed by atoms with Gasteiger partial charge in [0.05, 0.1) is 22.9 Å². The van der Waals surface area contributed by atoms with Crippen LogP contribution in [0.4, 0.5) is 5.69 Å². The van der Waals surface area contributed by atoms with Gasteiger partial charge >= 0.3 is 0 Å². The van der Waals surface area contributed by atoms with Crippen molar-refractivity contribution in [3.05, 3.63) is 46.4 Å². The predicted molar refractivity (Wildman–Crippen MR) is 77.1 cm³/mol. The van der Waals surface area contributed by atoms with Gasteiger partial charge in [0, 0.05) is 17.7 Å². The molecule has 2 aromatic rings. The van der Waals surface area contributed by atoms with E-state index >= 15 is 0 Å². The highest BCUT2D eigenvalue weighted by Crippen LogP contribution is 2.25. The maximum Gasteiger partial charge on any atom is 0.270 e. The van der Waals surface area contributed by atoms with Crippen molar-refractivity contribution in [1.82, 2.24) is 9.97 Å². The molecule has 2 unspecified atom stereocenters. The van der Waals surface area contributed by atoms with Gasteiger partial charge in [-0.3, -0.25) is 10.1 Å². The Kier molecular flexibility index (Phi) is 4.14. The number of hydrogen-bond donors (Lipinski definition) is 2. The number of benzene rings is 1. The maximum atomic E-state index is 10.8. The molecule has 0 saturated heterocycles. The number of rotatable bonds is 5. The zero-order valence-corrected chi connectivity index (χ0v) is 11.5. The Labute approximate surface area is 117 Å². The minimum absolute atomic E-state index is 0.0601. The van der Waals surface area contributed by atoms with E-state index in [9.17, 15) is 10.1 Å². The number of aromatic amines is 1. The summed E-state index contributed by atoms with van der Waals surface area (Å²) in [6.07, 6.45) is 2.63. The average molecular weight is 274 g/mol. The van der Waals surface area contributed by atoms with Gasteiger partial charge in [-0.1, -0.05) is 32.4 Å². The molecular weight excluding hydrogens is 256 g/mol. The zero-order valence-electron chi connectivity index (χ0n) is 11.5. The third-order valence-electron chi connectivity index (χ3n) is 3.54. The highest BCUT2D eigenvalue weighted by Gasteiger charge is 2.17. The summed E-state index contributed by atoms with van der Waals surface area (Å²) in [5, 5.41) is 10.8. The number of hydrogen-bond acceptors (Lipinski definition) is 4. The van der Waals surface area contributed by atoms with Crippen molar-refractivity contribution in [2.75, 3.05) is 0 Å². The minimum atomic E-state index is -0.411. The van der Waals surface area contributed by atoms with Gasteiger partial charge in [0.15, 0.2) is 0 Å². The van der Waals surface area contributed by atoms with Gasteiger partial charge in [0.2, 0.25) is 0 Å². The Morgan fingerprint density at radius 2 is 2.25 bits per heavy atom. The molecule has 1 heterocycles. The van der Waals surface area contributed by atoms with Crippen LogP contribution in [0.5, 0.6) is 0 Å². The topological polar surface area (TPSA) is 97.8 Å². The van der Waals surface area contributed by atoms with E-state index in [4.69, 9.17) is 5.73 Å². The lowest BCUT2D eigenvalue weighted by molar-refractivity contribution is -0.384. The van der Waals surface area contributed by atoms with Gasteiger partial charge in [0.25, 0.3) is 5.69 Å². The number of nitrogens with zero attached hydrogens (tertiary/aromatic N) is 2. The molecule has 0 fully saturated rings. The highest BCUT2D eigenvalue weighted by atomic mass is 16.6. The summed E-state index contributed by atoms with van der Waals surface area (Å²) in [7, 11) is 0. The van der Waals surface area contributed by atoms with Crippen LogP contribution < -0.4 is 5.73 Å². The van der Waals surface area contributed by atoms with Crippen LogP contribution in [0.2, 0.25) is 0 Å². The zero-order chi connectivity index (χ0) is 14.7. The Morgan fingerprint density at radius 1 is 1.50 bits per heavy atom. The lowest BCUT2D eigenvalue weighted by Crippen LogP contribution is -2.19. The molecule has 6 nitrogen and oxygen atoms in total. The smallest absolute Gasteiger partial charge is 0.270 e. The number of H-pyrrole nitrogens is 1. The molecule has 1 aromatic heterocycles. The van der Waals surface area contributed by atoms with E-state index in [0.717, 1.165) is 17.7 Å². The van der Waals surface area contributed by atoms with Crippen LogP contribution in [-0.4, -0.2) is 14.9 Å². The first-order chi connectivity index (χ1) is 9.52. The molecule has 106 valence electrons. The Hall–Kier alpha value is -2.21. The summed E-state index contributed by atoms with van der Waals surface area (Å²) in [5.74, 6) is 1.03. The van der Waals surface area contributed by atoms with Crippen molar-refractivity contribution in [2.24, 2.45) is 11.7 Å². The van der Waals surface area contributed by atoms with Crippen molar-refractivity contribution in [3.8, 4) is 11.3 Å². The summed E-state index contributed by atoms with van der Waals surface area (Å²) in [6.45, 7) is 4.15. The molecular formula is C14H18N4O2. The van der Waals surface area contributed by atoms with Gasteiger partial charge in [-0.25, -0.2) is 4.98 Å². The monoisotopic (exact) mass is 274 g/mol. The molecule has 0 spiro atoms. The number of nitrogens with two attached hydrogens (primary N) is 1. The Balaban J connectivity index is 2.29. The number of nitro benzene ring substituents is 1. The Morgan fingerprint density at radius 3 is 2.90 bits per heavy atom. The molecule has 3 N–H and O–H groups in total. The quantitative estimate of drug-likeness (QED) is 0.646. The summed E-state index contributed by atoms with van der Waals surface area (Å²) in [5.41, 5.74) is 7.65. The molecule has 2 atom stereocenters. The van der Waals surface area contributed by atoms with E-state index in [0.29, 0.717) is 11.7 Å². The highest BCUT2D eigenvalue weighted by molar-refractivity contribution is 5.62. The first-order valence-electron chi connectivity index (χ1n) is 6.58. The molecule has 0 bridgehead atoms. The largest absolute Gasteiger partial charge is 0.341 e. The van der Waals surface area contributed by atoms with Gasteiger partial charge in [-0.15, -0.1) is 0 Å². The van der Waals surface area contributed by atoms with E-state index in [1.165, 1.54) is 12.1 Å². The van der Waals surface area contributed by atoms with Gasteiger partial charge in [0.1, 0.15) is 5.82 Å². The molecule has 20 heavy (non-hydrogen) atoms. The van der Waals surface area contributed by atoms with Crippen LogP contribution in [0.15, 0.2) is 30.5 Å². The van der Waals surface area contributed by atoms with Crippen LogP contribution in [-0.2, 0) is 0 Å². The van der Waals surface area contributed by atoms with E-state index < -0.39 is 4.92 Å². The molecule has 0 aliphatic carbocycles. The number of nitrogens with one attached hydrogen (secondary N) is 1. The SMILES string of the molecule is CCC(C)C(N)c1ncc(-c2cccc([N+](=O)[O-])c2)[nH]1. The third kappa shape index (κ3) is 2.85. The first kappa shape index (κ1) is 14.2. The van der Waals surface area contributed by atoms with Crippen LogP contribution in [0.3, 0.4) is 0 Å². The number of aromatic nitrogens is 2. The summed E-state index contributed by atoms with van der Waals surface area (Å²) in [6, 6.07) is 6.28. The fourth-order valence-corrected chi connectivity index (χ4v) is 1.96. The van der Waals surface area contributed by atoms with Crippen molar-refractivity contribution in [2.45, 2.75) is 26.3 Å². The van der Waals surface area contributed by atoms with Crippen LogP contribution >= 0.6 is 0 Å². The minimum Gasteiger partial charge on any atom is -0.341 e. The molecule has 6 heteroatoms. The van der Waals surface area contributed by atoms with Crippen molar-refractivity contribution >= 4 is 5.69 Å². The van der Waals surface area contributed by atoms with Gasteiger partial charge in [-0.2, -0.15) is 0 Å². The van der Waals surface area contributed by atoms with E-state index in [2.05, 4.69) is 23.8 Å². The standard InChI is InChI=1S/C14H18N4O2/c1-3-9(2)13(15)14-16-8-12(17-14)10-5-4-6-11(7-10)18(19)20/h4-9,13H,3,15H2,1-2H3,(H,16,17). The van der Waals surface area contributed by atoms with E-state index in [1.54, 1.807) is 18.3 Å². The molecule has 0 aliphatic rings. The molecule has 0 radical (unpaired) electrons. The fraction of sp³-hybridized carbons (Fsp3) is 0.357. The normalized spacial score (nSPS) is 13.9. The number of imidazole rings is 1. The fourth-order valence-electron chi connectivity index (χ4n) is 1.96. The molecule has 0 saturated carbocycles. The summed E-state index contributed by atoms with van der Waals surface area (Å²) < 4.78 is 0. The van der Waals surface area contributed by atoms with Crippen LogP contribution in [0.25, 0.3) is 11.3 Å². The third-order valence-corrected chi connectivity index (χ3v) is 3.54. The van der Waals surface area contributed by atoms with Gasteiger partial charge < -0.3 is 10.7 Å². The summed E-state index contributed by atoms with van der Waals surface area (Å²) >= 11 is 0. The predicted octanol–water partition coefficient (Wildman–Crippen LogP) is 3.03. The Bertz CT molecular complexity index is 609. The summed E-state index contributed by atoms with van der Waals surface area (Å²) in [4.78, 5) is 17.8. The molecule has 2 rings (SSSR count). The second-order valence-corrected chi connectivity index (χ2v) is 4.90. The maximum absolute atomic E-state index is 10.8. The molecule has 1 aromatic carbocycles. The van der Waals surface area contributed by atoms with Crippen molar-refractivity contribution in [1.29, 1.82) is 0 Å². The van der Waals surface area contributed by atoms with Crippen LogP contribution in [0.1, 0.15) is 32.1 Å². The first-order valence-corrected chi connectivity index (χ1v) is 6.58. The van der Waals surface area contributed by atoms with Gasteiger partial charge in [-0.05, 0) is 5.92 Å². The molecule has 0 amide bonds. The second-order valence-electron chi connectivity index (χ2n) is 4.90. The van der Waals surface area contributed by atoms with E-state index in [1.807, 2.05) is 0 Å².